The molecule has 0 saturated heterocycles. The average molecular weight is 221 g/mol. The highest BCUT2D eigenvalue weighted by Crippen LogP contribution is 2.31. The van der Waals surface area contributed by atoms with Gasteiger partial charge < -0.3 is 14.8 Å². The molecule has 1 heterocycles. The summed E-state index contributed by atoms with van der Waals surface area (Å²) in [7, 11) is 0. The van der Waals surface area contributed by atoms with Crippen molar-refractivity contribution in [3.8, 4) is 5.75 Å². The van der Waals surface area contributed by atoms with E-state index in [9.17, 15) is 4.79 Å². The fourth-order valence-electron chi connectivity index (χ4n) is 1.72. The van der Waals surface area contributed by atoms with Gasteiger partial charge in [0.15, 0.2) is 0 Å². The molecule has 4 heteroatoms. The zero-order valence-electron chi connectivity index (χ0n) is 9.45. The molecule has 0 bridgehead atoms. The van der Waals surface area contributed by atoms with Gasteiger partial charge in [0.2, 0.25) is 6.10 Å². The first kappa shape index (κ1) is 10.8. The van der Waals surface area contributed by atoms with Gasteiger partial charge in [-0.05, 0) is 25.5 Å². The van der Waals surface area contributed by atoms with Gasteiger partial charge in [0.1, 0.15) is 5.75 Å². The van der Waals surface area contributed by atoms with Crippen LogP contribution >= 0.6 is 0 Å². The maximum Gasteiger partial charge on any atom is 0.349 e. The van der Waals surface area contributed by atoms with Gasteiger partial charge in [0.25, 0.3) is 0 Å². The molecule has 0 saturated carbocycles. The van der Waals surface area contributed by atoms with Crippen LogP contribution in [0.25, 0.3) is 0 Å². The summed E-state index contributed by atoms with van der Waals surface area (Å²) in [4.78, 5) is 11.5. The maximum atomic E-state index is 11.5. The Hall–Kier alpha value is -1.71. The molecule has 1 aliphatic heterocycles. The first-order valence-corrected chi connectivity index (χ1v) is 5.39. The Morgan fingerprint density at radius 2 is 2.44 bits per heavy atom. The van der Waals surface area contributed by atoms with Crippen LogP contribution in [0.1, 0.15) is 12.5 Å². The molecule has 2 rings (SSSR count). The fourth-order valence-corrected chi connectivity index (χ4v) is 1.72. The van der Waals surface area contributed by atoms with E-state index in [0.717, 1.165) is 11.3 Å². The van der Waals surface area contributed by atoms with Gasteiger partial charge >= 0.3 is 5.97 Å². The van der Waals surface area contributed by atoms with Crippen LogP contribution < -0.4 is 10.1 Å². The SMILES string of the molecule is CCOC(=O)[C@H]1CNc2c(C)cccc2O1. The predicted molar refractivity (Wildman–Crippen MR) is 60.7 cm³/mol. The van der Waals surface area contributed by atoms with Crippen LogP contribution in [0.15, 0.2) is 18.2 Å². The first-order valence-electron chi connectivity index (χ1n) is 5.39. The fraction of sp³-hybridized carbons (Fsp3) is 0.417. The van der Waals surface area contributed by atoms with Gasteiger partial charge in [-0.15, -0.1) is 0 Å². The molecule has 0 radical (unpaired) electrons. The van der Waals surface area contributed by atoms with Crippen LogP contribution in [0.3, 0.4) is 0 Å². The lowest BCUT2D eigenvalue weighted by molar-refractivity contribution is -0.150. The average Bonchev–Trinajstić information content (AvgIpc) is 2.29. The number of fused-ring (bicyclic) bond motifs is 1. The molecule has 0 amide bonds. The standard InChI is InChI=1S/C12H15NO3/c1-3-15-12(14)10-7-13-11-8(2)5-4-6-9(11)16-10/h4-6,10,13H,3,7H2,1-2H3/t10-/m1/s1. The zero-order valence-corrected chi connectivity index (χ0v) is 9.45. The third-order valence-corrected chi connectivity index (χ3v) is 2.52. The number of anilines is 1. The Morgan fingerprint density at radius 1 is 1.62 bits per heavy atom. The van der Waals surface area contributed by atoms with Gasteiger partial charge in [0, 0.05) is 0 Å². The Labute approximate surface area is 94.6 Å². The van der Waals surface area contributed by atoms with Crippen molar-refractivity contribution >= 4 is 11.7 Å². The summed E-state index contributed by atoms with van der Waals surface area (Å²) < 4.78 is 10.5. The highest BCUT2D eigenvalue weighted by molar-refractivity contribution is 5.78. The largest absolute Gasteiger partial charge is 0.475 e. The molecule has 4 nitrogen and oxygen atoms in total. The second kappa shape index (κ2) is 4.43. The molecule has 0 unspecified atom stereocenters. The van der Waals surface area contributed by atoms with Gasteiger partial charge in [-0.3, -0.25) is 0 Å². The van der Waals surface area contributed by atoms with Crippen molar-refractivity contribution in [3.05, 3.63) is 23.8 Å². The normalized spacial score (nSPS) is 18.0. The van der Waals surface area contributed by atoms with E-state index in [1.807, 2.05) is 25.1 Å². The van der Waals surface area contributed by atoms with Crippen LogP contribution in [0.4, 0.5) is 5.69 Å². The zero-order chi connectivity index (χ0) is 11.5. The molecular formula is C12H15NO3. The summed E-state index contributed by atoms with van der Waals surface area (Å²) in [5.41, 5.74) is 2.07. The third-order valence-electron chi connectivity index (χ3n) is 2.52. The highest BCUT2D eigenvalue weighted by Gasteiger charge is 2.27. The van der Waals surface area contributed by atoms with Crippen LogP contribution in [0.5, 0.6) is 5.75 Å². The molecule has 1 aromatic carbocycles. The number of benzene rings is 1. The number of para-hydroxylation sites is 1. The Kier molecular flexibility index (Phi) is 2.99. The Balaban J connectivity index is 2.15. The summed E-state index contributed by atoms with van der Waals surface area (Å²) in [5, 5.41) is 3.19. The van der Waals surface area contributed by atoms with Crippen LogP contribution in [0.2, 0.25) is 0 Å². The molecule has 0 aliphatic carbocycles. The van der Waals surface area contributed by atoms with Gasteiger partial charge in [-0.2, -0.15) is 0 Å². The van der Waals surface area contributed by atoms with Crippen molar-refractivity contribution in [3.63, 3.8) is 0 Å². The van der Waals surface area contributed by atoms with Crippen molar-refractivity contribution in [2.45, 2.75) is 20.0 Å². The van der Waals surface area contributed by atoms with Gasteiger partial charge in [-0.25, -0.2) is 4.79 Å². The second-order valence-corrected chi connectivity index (χ2v) is 3.69. The van der Waals surface area contributed by atoms with Crippen LogP contribution in [-0.2, 0) is 9.53 Å². The molecule has 1 atom stereocenters. The topological polar surface area (TPSA) is 47.6 Å². The first-order chi connectivity index (χ1) is 7.72. The molecule has 1 aromatic rings. The molecule has 86 valence electrons. The summed E-state index contributed by atoms with van der Waals surface area (Å²) in [6.45, 7) is 4.61. The van der Waals surface area contributed by atoms with E-state index in [4.69, 9.17) is 9.47 Å². The lowest BCUT2D eigenvalue weighted by Gasteiger charge is -2.26. The summed E-state index contributed by atoms with van der Waals surface area (Å²) in [6.07, 6.45) is -0.547. The number of carbonyl (C=O) groups is 1. The van der Waals surface area contributed by atoms with E-state index in [1.165, 1.54) is 0 Å². The lowest BCUT2D eigenvalue weighted by atomic mass is 10.1. The smallest absolute Gasteiger partial charge is 0.349 e. The summed E-state index contributed by atoms with van der Waals surface area (Å²) in [6, 6.07) is 5.75. The van der Waals surface area contributed by atoms with E-state index >= 15 is 0 Å². The summed E-state index contributed by atoms with van der Waals surface area (Å²) in [5.74, 6) is 0.395. The van der Waals surface area contributed by atoms with Crippen molar-refractivity contribution in [1.82, 2.24) is 0 Å². The second-order valence-electron chi connectivity index (χ2n) is 3.69. The van der Waals surface area contributed by atoms with E-state index in [1.54, 1.807) is 6.92 Å². The lowest BCUT2D eigenvalue weighted by Crippen LogP contribution is -2.39. The van der Waals surface area contributed by atoms with Gasteiger partial charge in [0.05, 0.1) is 18.8 Å². The number of hydrogen-bond acceptors (Lipinski definition) is 4. The van der Waals surface area contributed by atoms with E-state index in [2.05, 4.69) is 5.32 Å². The third kappa shape index (κ3) is 1.96. The monoisotopic (exact) mass is 221 g/mol. The van der Waals surface area contributed by atoms with Crippen molar-refractivity contribution in [2.75, 3.05) is 18.5 Å². The molecule has 1 N–H and O–H groups in total. The number of esters is 1. The van der Waals surface area contributed by atoms with E-state index < -0.39 is 6.10 Å². The Morgan fingerprint density at radius 3 is 3.19 bits per heavy atom. The predicted octanol–water partition coefficient (Wildman–Crippen LogP) is 1.73. The quantitative estimate of drug-likeness (QED) is 0.773. The molecule has 0 spiro atoms. The number of rotatable bonds is 2. The van der Waals surface area contributed by atoms with Crippen molar-refractivity contribution in [2.24, 2.45) is 0 Å². The van der Waals surface area contributed by atoms with Crippen molar-refractivity contribution in [1.29, 1.82) is 0 Å². The number of hydrogen-bond donors (Lipinski definition) is 1. The Bertz CT molecular complexity index is 403. The minimum Gasteiger partial charge on any atom is -0.475 e. The highest BCUT2D eigenvalue weighted by atomic mass is 16.6. The molecule has 16 heavy (non-hydrogen) atoms. The molecule has 1 aliphatic rings. The molecule has 0 aromatic heterocycles. The number of aryl methyl sites for hydroxylation is 1. The maximum absolute atomic E-state index is 11.5. The minimum atomic E-state index is -0.547. The summed E-state index contributed by atoms with van der Waals surface area (Å²) >= 11 is 0. The number of carbonyl (C=O) groups excluding carboxylic acids is 1. The minimum absolute atomic E-state index is 0.317. The van der Waals surface area contributed by atoms with Crippen LogP contribution in [-0.4, -0.2) is 25.2 Å². The van der Waals surface area contributed by atoms with E-state index in [0.29, 0.717) is 18.9 Å². The number of ether oxygens (including phenoxy) is 2. The van der Waals surface area contributed by atoms with Crippen LogP contribution in [0, 0.1) is 6.92 Å². The van der Waals surface area contributed by atoms with Gasteiger partial charge in [-0.1, -0.05) is 12.1 Å². The van der Waals surface area contributed by atoms with Crippen molar-refractivity contribution < 1.29 is 14.3 Å². The number of nitrogens with one attached hydrogen (secondary N) is 1. The molecule has 0 fully saturated rings. The van der Waals surface area contributed by atoms with E-state index in [-0.39, 0.29) is 5.97 Å². The molecular weight excluding hydrogens is 206 g/mol.